The van der Waals surface area contributed by atoms with Crippen molar-refractivity contribution in [1.82, 2.24) is 0 Å². The molecule has 3 aromatic rings. The number of hydrogen-bond acceptors (Lipinski definition) is 4. The van der Waals surface area contributed by atoms with Crippen molar-refractivity contribution in [3.05, 3.63) is 81.9 Å². The van der Waals surface area contributed by atoms with Gasteiger partial charge in [0.25, 0.3) is 0 Å². The second-order valence-electron chi connectivity index (χ2n) is 5.39. The van der Waals surface area contributed by atoms with Gasteiger partial charge in [0.1, 0.15) is 5.76 Å². The zero-order valence-electron chi connectivity index (χ0n) is 12.9. The molecule has 4 heteroatoms. The Morgan fingerprint density at radius 2 is 2.00 bits per heavy atom. The summed E-state index contributed by atoms with van der Waals surface area (Å²) in [6.07, 6.45) is 2.20. The molecule has 0 fully saturated rings. The third-order valence-corrected chi connectivity index (χ3v) is 6.02. The van der Waals surface area contributed by atoms with E-state index in [1.165, 1.54) is 10.4 Å². The molecule has 0 saturated carbocycles. The van der Waals surface area contributed by atoms with E-state index in [1.807, 2.05) is 49.4 Å². The summed E-state index contributed by atoms with van der Waals surface area (Å²) < 4.78 is 5.40. The Labute approximate surface area is 144 Å². The van der Waals surface area contributed by atoms with Gasteiger partial charge in [-0.05, 0) is 30.5 Å². The van der Waals surface area contributed by atoms with E-state index in [0.717, 1.165) is 17.1 Å². The number of furan rings is 1. The number of hydrogen-bond donors (Lipinski definition) is 0. The van der Waals surface area contributed by atoms with Crippen molar-refractivity contribution >= 4 is 28.9 Å². The first-order chi connectivity index (χ1) is 11.2. The number of ketones is 1. The van der Waals surface area contributed by atoms with E-state index in [-0.39, 0.29) is 11.0 Å². The molecule has 0 aliphatic rings. The molecule has 3 rings (SSSR count). The average molecular weight is 342 g/mol. The van der Waals surface area contributed by atoms with Crippen LogP contribution in [0.2, 0.25) is 0 Å². The van der Waals surface area contributed by atoms with Gasteiger partial charge in [-0.1, -0.05) is 35.9 Å². The summed E-state index contributed by atoms with van der Waals surface area (Å²) in [7, 11) is 0. The van der Waals surface area contributed by atoms with Gasteiger partial charge in [0, 0.05) is 22.1 Å². The Morgan fingerprint density at radius 3 is 2.65 bits per heavy atom. The van der Waals surface area contributed by atoms with Gasteiger partial charge in [0.2, 0.25) is 0 Å². The molecular weight excluding hydrogens is 324 g/mol. The third-order valence-electron chi connectivity index (χ3n) is 3.61. The van der Waals surface area contributed by atoms with Crippen LogP contribution in [0.15, 0.2) is 64.6 Å². The van der Waals surface area contributed by atoms with Crippen molar-refractivity contribution in [2.24, 2.45) is 0 Å². The van der Waals surface area contributed by atoms with Gasteiger partial charge in [-0.15, -0.1) is 23.1 Å². The number of thiophene rings is 1. The lowest BCUT2D eigenvalue weighted by Gasteiger charge is -2.14. The summed E-state index contributed by atoms with van der Waals surface area (Å²) in [5, 5.41) is 2.22. The van der Waals surface area contributed by atoms with Crippen LogP contribution in [0.1, 0.15) is 38.2 Å². The number of rotatable bonds is 7. The smallest absolute Gasteiger partial charge is 0.164 e. The normalized spacial score (nSPS) is 12.2. The number of benzene rings is 1. The standard InChI is InChI=1S/C19H18O2S2/c1-14-6-8-15(9-7-14)17(20)12-19(18-5-3-11-22-18)23-13-16-4-2-10-21-16/h2-11,19H,12-13H2,1H3/t19-/m0/s1. The van der Waals surface area contributed by atoms with Gasteiger partial charge in [0.15, 0.2) is 5.78 Å². The molecule has 0 amide bonds. The molecule has 2 heterocycles. The van der Waals surface area contributed by atoms with Crippen molar-refractivity contribution in [2.75, 3.05) is 0 Å². The summed E-state index contributed by atoms with van der Waals surface area (Å²) in [4.78, 5) is 13.8. The van der Waals surface area contributed by atoms with Crippen LogP contribution in [0, 0.1) is 6.92 Å². The molecule has 0 unspecified atom stereocenters. The first kappa shape index (κ1) is 16.1. The fourth-order valence-corrected chi connectivity index (χ4v) is 4.44. The Bertz CT molecular complexity index is 728. The van der Waals surface area contributed by atoms with Crippen LogP contribution in [-0.4, -0.2) is 5.78 Å². The van der Waals surface area contributed by atoms with E-state index in [0.29, 0.717) is 6.42 Å². The van der Waals surface area contributed by atoms with Crippen LogP contribution in [0.25, 0.3) is 0 Å². The molecule has 118 valence electrons. The second-order valence-corrected chi connectivity index (χ2v) is 7.56. The minimum atomic E-state index is 0.161. The predicted octanol–water partition coefficient (Wildman–Crippen LogP) is 5.90. The monoisotopic (exact) mass is 342 g/mol. The minimum Gasteiger partial charge on any atom is -0.468 e. The number of Topliss-reactive ketones (excluding diaryl/α,β-unsaturated/α-hetero) is 1. The Hall–Kier alpha value is -1.78. The zero-order chi connectivity index (χ0) is 16.1. The van der Waals surface area contributed by atoms with Crippen molar-refractivity contribution in [2.45, 2.75) is 24.3 Å². The van der Waals surface area contributed by atoms with Crippen LogP contribution >= 0.6 is 23.1 Å². The number of aryl methyl sites for hydroxylation is 1. The van der Waals surface area contributed by atoms with Crippen molar-refractivity contribution < 1.29 is 9.21 Å². The third kappa shape index (κ3) is 4.36. The summed E-state index contributed by atoms with van der Waals surface area (Å²) in [6, 6.07) is 15.8. The Morgan fingerprint density at radius 1 is 1.17 bits per heavy atom. The Kier molecular flexibility index (Phi) is 5.36. The number of thioether (sulfide) groups is 1. The summed E-state index contributed by atoms with van der Waals surface area (Å²) in [5.74, 6) is 1.91. The maximum absolute atomic E-state index is 12.6. The number of carbonyl (C=O) groups excluding carboxylic acids is 1. The first-order valence-corrected chi connectivity index (χ1v) is 9.42. The second kappa shape index (κ2) is 7.66. The van der Waals surface area contributed by atoms with Crippen LogP contribution in [-0.2, 0) is 5.75 Å². The van der Waals surface area contributed by atoms with Crippen molar-refractivity contribution in [3.63, 3.8) is 0 Å². The van der Waals surface area contributed by atoms with E-state index in [1.54, 1.807) is 29.4 Å². The average Bonchev–Trinajstić information content (AvgIpc) is 3.25. The molecule has 23 heavy (non-hydrogen) atoms. The lowest BCUT2D eigenvalue weighted by molar-refractivity contribution is 0.0982. The van der Waals surface area contributed by atoms with E-state index >= 15 is 0 Å². The van der Waals surface area contributed by atoms with Crippen LogP contribution < -0.4 is 0 Å². The highest BCUT2D eigenvalue weighted by atomic mass is 32.2. The fourth-order valence-electron chi connectivity index (χ4n) is 2.32. The van der Waals surface area contributed by atoms with Gasteiger partial charge in [-0.3, -0.25) is 4.79 Å². The molecule has 0 N–H and O–H groups in total. The van der Waals surface area contributed by atoms with Gasteiger partial charge >= 0.3 is 0 Å². The first-order valence-electron chi connectivity index (χ1n) is 7.49. The summed E-state index contributed by atoms with van der Waals surface area (Å²) in [5.41, 5.74) is 1.96. The van der Waals surface area contributed by atoms with E-state index < -0.39 is 0 Å². The highest BCUT2D eigenvalue weighted by molar-refractivity contribution is 7.98. The lowest BCUT2D eigenvalue weighted by atomic mass is 10.0. The van der Waals surface area contributed by atoms with Crippen molar-refractivity contribution in [3.8, 4) is 0 Å². The maximum Gasteiger partial charge on any atom is 0.164 e. The van der Waals surface area contributed by atoms with Gasteiger partial charge in [0.05, 0.1) is 12.0 Å². The molecule has 1 aromatic carbocycles. The van der Waals surface area contributed by atoms with Crippen LogP contribution in [0.3, 0.4) is 0 Å². The molecule has 2 nitrogen and oxygen atoms in total. The van der Waals surface area contributed by atoms with Gasteiger partial charge in [-0.2, -0.15) is 0 Å². The quantitative estimate of drug-likeness (QED) is 0.501. The molecule has 0 radical (unpaired) electrons. The Balaban J connectivity index is 1.70. The topological polar surface area (TPSA) is 30.2 Å². The van der Waals surface area contributed by atoms with E-state index in [9.17, 15) is 4.79 Å². The molecule has 2 aromatic heterocycles. The van der Waals surface area contributed by atoms with Gasteiger partial charge in [-0.25, -0.2) is 0 Å². The molecular formula is C19H18O2S2. The summed E-state index contributed by atoms with van der Waals surface area (Å²) in [6.45, 7) is 2.03. The number of carbonyl (C=O) groups is 1. The molecule has 0 spiro atoms. The van der Waals surface area contributed by atoms with Crippen molar-refractivity contribution in [1.29, 1.82) is 0 Å². The minimum absolute atomic E-state index is 0.161. The fraction of sp³-hybridized carbons (Fsp3) is 0.211. The van der Waals surface area contributed by atoms with Gasteiger partial charge < -0.3 is 4.42 Å². The highest BCUT2D eigenvalue weighted by Crippen LogP contribution is 2.37. The lowest BCUT2D eigenvalue weighted by Crippen LogP contribution is -2.05. The molecule has 0 aliphatic heterocycles. The zero-order valence-corrected chi connectivity index (χ0v) is 14.5. The molecule has 0 bridgehead atoms. The largest absolute Gasteiger partial charge is 0.468 e. The molecule has 0 aliphatic carbocycles. The predicted molar refractivity (Wildman–Crippen MR) is 97.2 cm³/mol. The van der Waals surface area contributed by atoms with Crippen LogP contribution in [0.5, 0.6) is 0 Å². The van der Waals surface area contributed by atoms with E-state index in [2.05, 4.69) is 11.4 Å². The SMILES string of the molecule is Cc1ccc(C(=O)C[C@H](SCc2ccco2)c2cccs2)cc1. The van der Waals surface area contributed by atoms with Crippen LogP contribution in [0.4, 0.5) is 0 Å². The van der Waals surface area contributed by atoms with E-state index in [4.69, 9.17) is 4.42 Å². The summed E-state index contributed by atoms with van der Waals surface area (Å²) >= 11 is 3.46. The molecule has 0 saturated heterocycles. The molecule has 1 atom stereocenters. The maximum atomic E-state index is 12.6. The highest BCUT2D eigenvalue weighted by Gasteiger charge is 2.19.